The molecule has 0 aliphatic carbocycles. The highest BCUT2D eigenvalue weighted by Crippen LogP contribution is 2.27. The second-order valence-electron chi connectivity index (χ2n) is 6.88. The molecule has 2 atom stereocenters. The molecule has 24 heavy (non-hydrogen) atoms. The standard InChI is InChI=1S/C19H33N3O2/c1-4-7-8-18-13-17(21-24-18)11-16-14-20-10-9-15(16)12-19(23)22(5-2)6-3/h13,15-16,20H,4-12,14H2,1-3H3. The van der Waals surface area contributed by atoms with Gasteiger partial charge in [0.1, 0.15) is 5.76 Å². The zero-order chi connectivity index (χ0) is 17.4. The van der Waals surface area contributed by atoms with Crippen molar-refractivity contribution in [3.05, 3.63) is 17.5 Å². The van der Waals surface area contributed by atoms with Crippen LogP contribution >= 0.6 is 0 Å². The van der Waals surface area contributed by atoms with Gasteiger partial charge in [0, 0.05) is 32.0 Å². The minimum Gasteiger partial charge on any atom is -0.361 e. The van der Waals surface area contributed by atoms with E-state index in [9.17, 15) is 4.79 Å². The van der Waals surface area contributed by atoms with Gasteiger partial charge in [-0.1, -0.05) is 18.5 Å². The molecule has 2 heterocycles. The maximum absolute atomic E-state index is 12.5. The van der Waals surface area contributed by atoms with E-state index in [1.165, 1.54) is 0 Å². The summed E-state index contributed by atoms with van der Waals surface area (Å²) in [7, 11) is 0. The number of carbonyl (C=O) groups is 1. The number of carbonyl (C=O) groups excluding carboxylic acids is 1. The number of piperidine rings is 1. The van der Waals surface area contributed by atoms with Crippen molar-refractivity contribution < 1.29 is 9.32 Å². The number of unbranched alkanes of at least 4 members (excludes halogenated alkanes) is 1. The second kappa shape index (κ2) is 9.82. The van der Waals surface area contributed by atoms with Crippen LogP contribution in [0, 0.1) is 11.8 Å². The third kappa shape index (κ3) is 5.33. The molecule has 5 nitrogen and oxygen atoms in total. The van der Waals surface area contributed by atoms with Crippen LogP contribution in [0.3, 0.4) is 0 Å². The van der Waals surface area contributed by atoms with Gasteiger partial charge in [0.2, 0.25) is 5.91 Å². The van der Waals surface area contributed by atoms with Crippen molar-refractivity contribution >= 4 is 5.91 Å². The van der Waals surface area contributed by atoms with E-state index in [0.29, 0.717) is 24.2 Å². The molecule has 0 bridgehead atoms. The summed E-state index contributed by atoms with van der Waals surface area (Å²) in [5.41, 5.74) is 1.04. The molecule has 1 fully saturated rings. The Morgan fingerprint density at radius 3 is 2.83 bits per heavy atom. The van der Waals surface area contributed by atoms with Crippen LogP contribution in [-0.2, 0) is 17.6 Å². The first kappa shape index (κ1) is 19.0. The fourth-order valence-electron chi connectivity index (χ4n) is 3.60. The first-order valence-electron chi connectivity index (χ1n) is 9.60. The number of hydrogen-bond acceptors (Lipinski definition) is 4. The third-order valence-corrected chi connectivity index (χ3v) is 5.17. The Labute approximate surface area is 146 Å². The highest BCUT2D eigenvalue weighted by molar-refractivity contribution is 5.76. The summed E-state index contributed by atoms with van der Waals surface area (Å²) in [5.74, 6) is 2.18. The SMILES string of the molecule is CCCCc1cc(CC2CNCCC2CC(=O)N(CC)CC)no1. The topological polar surface area (TPSA) is 58.4 Å². The van der Waals surface area contributed by atoms with Crippen LogP contribution in [0.4, 0.5) is 0 Å². The van der Waals surface area contributed by atoms with Crippen molar-refractivity contribution in [1.82, 2.24) is 15.4 Å². The van der Waals surface area contributed by atoms with E-state index in [1.54, 1.807) is 0 Å². The van der Waals surface area contributed by atoms with Crippen molar-refractivity contribution in [1.29, 1.82) is 0 Å². The highest BCUT2D eigenvalue weighted by atomic mass is 16.5. The number of nitrogens with one attached hydrogen (secondary N) is 1. The molecular formula is C19H33N3O2. The van der Waals surface area contributed by atoms with E-state index in [0.717, 1.165) is 69.7 Å². The summed E-state index contributed by atoms with van der Waals surface area (Å²) in [6, 6.07) is 2.10. The summed E-state index contributed by atoms with van der Waals surface area (Å²) < 4.78 is 5.45. The maximum atomic E-state index is 12.5. The van der Waals surface area contributed by atoms with E-state index < -0.39 is 0 Å². The molecule has 0 radical (unpaired) electrons. The first-order chi connectivity index (χ1) is 11.7. The molecular weight excluding hydrogens is 302 g/mol. The van der Waals surface area contributed by atoms with E-state index in [2.05, 4.69) is 37.3 Å². The number of hydrogen-bond donors (Lipinski definition) is 1. The molecule has 1 aliphatic heterocycles. The Balaban J connectivity index is 1.93. The summed E-state index contributed by atoms with van der Waals surface area (Å²) in [4.78, 5) is 14.4. The summed E-state index contributed by atoms with van der Waals surface area (Å²) in [6.45, 7) is 9.86. The monoisotopic (exact) mass is 335 g/mol. The van der Waals surface area contributed by atoms with Gasteiger partial charge < -0.3 is 14.7 Å². The van der Waals surface area contributed by atoms with Crippen LogP contribution in [0.1, 0.15) is 57.9 Å². The quantitative estimate of drug-likeness (QED) is 0.753. The Kier molecular flexibility index (Phi) is 7.76. The van der Waals surface area contributed by atoms with Gasteiger partial charge in [0.05, 0.1) is 5.69 Å². The molecule has 0 saturated carbocycles. The van der Waals surface area contributed by atoms with Gasteiger partial charge >= 0.3 is 0 Å². The van der Waals surface area contributed by atoms with Gasteiger partial charge in [0.15, 0.2) is 0 Å². The summed E-state index contributed by atoms with van der Waals surface area (Å²) in [6.07, 6.45) is 5.90. The summed E-state index contributed by atoms with van der Waals surface area (Å²) in [5, 5.41) is 7.72. The Morgan fingerprint density at radius 2 is 2.12 bits per heavy atom. The van der Waals surface area contributed by atoms with Crippen molar-refractivity contribution in [2.75, 3.05) is 26.2 Å². The van der Waals surface area contributed by atoms with Crippen molar-refractivity contribution in [2.24, 2.45) is 11.8 Å². The number of aromatic nitrogens is 1. The van der Waals surface area contributed by atoms with Crippen LogP contribution in [0.2, 0.25) is 0 Å². The van der Waals surface area contributed by atoms with Gasteiger partial charge in [-0.05, 0) is 58.0 Å². The minimum absolute atomic E-state index is 0.292. The average Bonchev–Trinajstić information content (AvgIpc) is 3.03. The van der Waals surface area contributed by atoms with Crippen LogP contribution < -0.4 is 5.32 Å². The fourth-order valence-corrected chi connectivity index (χ4v) is 3.60. The number of amides is 1. The molecule has 5 heteroatoms. The zero-order valence-electron chi connectivity index (χ0n) is 15.5. The van der Waals surface area contributed by atoms with Crippen molar-refractivity contribution in [3.8, 4) is 0 Å². The van der Waals surface area contributed by atoms with E-state index >= 15 is 0 Å². The van der Waals surface area contributed by atoms with Gasteiger partial charge in [-0.15, -0.1) is 0 Å². The van der Waals surface area contributed by atoms with Crippen molar-refractivity contribution in [3.63, 3.8) is 0 Å². The molecule has 2 rings (SSSR count). The molecule has 0 spiro atoms. The van der Waals surface area contributed by atoms with Crippen molar-refractivity contribution in [2.45, 2.75) is 59.3 Å². The third-order valence-electron chi connectivity index (χ3n) is 5.17. The Morgan fingerprint density at radius 1 is 1.33 bits per heavy atom. The van der Waals surface area contributed by atoms with Gasteiger partial charge in [-0.2, -0.15) is 0 Å². The molecule has 2 unspecified atom stereocenters. The number of rotatable bonds is 9. The summed E-state index contributed by atoms with van der Waals surface area (Å²) >= 11 is 0. The smallest absolute Gasteiger partial charge is 0.222 e. The lowest BCUT2D eigenvalue weighted by Crippen LogP contribution is -2.41. The largest absolute Gasteiger partial charge is 0.361 e. The molecule has 1 saturated heterocycles. The lowest BCUT2D eigenvalue weighted by atomic mass is 9.81. The molecule has 1 aromatic heterocycles. The second-order valence-corrected chi connectivity index (χ2v) is 6.88. The van der Waals surface area contributed by atoms with Gasteiger partial charge in [-0.3, -0.25) is 4.79 Å². The van der Waals surface area contributed by atoms with E-state index in [-0.39, 0.29) is 0 Å². The molecule has 1 amide bonds. The Hall–Kier alpha value is -1.36. The molecule has 1 aliphatic rings. The predicted octanol–water partition coefficient (Wildman–Crippen LogP) is 3.04. The molecule has 1 N–H and O–H groups in total. The zero-order valence-corrected chi connectivity index (χ0v) is 15.5. The molecule has 1 aromatic rings. The fraction of sp³-hybridized carbons (Fsp3) is 0.789. The Bertz CT molecular complexity index is 497. The van der Waals surface area contributed by atoms with E-state index in [4.69, 9.17) is 4.52 Å². The first-order valence-corrected chi connectivity index (χ1v) is 9.60. The van der Waals surface area contributed by atoms with E-state index in [1.807, 2.05) is 4.90 Å². The lowest BCUT2D eigenvalue weighted by Gasteiger charge is -2.32. The van der Waals surface area contributed by atoms with Crippen LogP contribution in [0.15, 0.2) is 10.6 Å². The predicted molar refractivity (Wildman–Crippen MR) is 95.8 cm³/mol. The normalized spacial score (nSPS) is 21.0. The van der Waals surface area contributed by atoms with Crippen LogP contribution in [-0.4, -0.2) is 42.1 Å². The van der Waals surface area contributed by atoms with Gasteiger partial charge in [-0.25, -0.2) is 0 Å². The van der Waals surface area contributed by atoms with Crippen LogP contribution in [0.25, 0.3) is 0 Å². The van der Waals surface area contributed by atoms with Crippen LogP contribution in [0.5, 0.6) is 0 Å². The number of nitrogens with zero attached hydrogens (tertiary/aromatic N) is 2. The van der Waals surface area contributed by atoms with Gasteiger partial charge in [0.25, 0.3) is 0 Å². The minimum atomic E-state index is 0.292. The molecule has 0 aromatic carbocycles. The number of aryl methyl sites for hydroxylation is 1. The molecule has 136 valence electrons. The maximum Gasteiger partial charge on any atom is 0.222 e. The highest BCUT2D eigenvalue weighted by Gasteiger charge is 2.29. The average molecular weight is 335 g/mol. The lowest BCUT2D eigenvalue weighted by molar-refractivity contribution is -0.132.